The average Bonchev–Trinajstić information content (AvgIpc) is 2.10. The summed E-state index contributed by atoms with van der Waals surface area (Å²) in [7, 11) is 1.53. The smallest absolute Gasteiger partial charge is 0.128 e. The Labute approximate surface area is 83.3 Å². The summed E-state index contributed by atoms with van der Waals surface area (Å²) >= 11 is 0. The molecule has 14 heavy (non-hydrogen) atoms. The summed E-state index contributed by atoms with van der Waals surface area (Å²) in [6, 6.07) is 4.82. The second-order valence-electron chi connectivity index (χ2n) is 3.41. The van der Waals surface area contributed by atoms with Crippen molar-refractivity contribution >= 4 is 0 Å². The van der Waals surface area contributed by atoms with Crippen molar-refractivity contribution in [1.82, 2.24) is 0 Å². The molecule has 0 bridgehead atoms. The van der Waals surface area contributed by atoms with Gasteiger partial charge in [0.25, 0.3) is 0 Å². The van der Waals surface area contributed by atoms with Crippen molar-refractivity contribution < 1.29 is 14.2 Å². The van der Waals surface area contributed by atoms with Crippen molar-refractivity contribution in [2.75, 3.05) is 7.11 Å². The fraction of sp³-hybridized carbons (Fsp3) is 0.455. The molecule has 1 N–H and O–H groups in total. The molecule has 0 aliphatic carbocycles. The zero-order valence-electron chi connectivity index (χ0n) is 8.46. The normalized spacial score (nSPS) is 12.9. The molecule has 0 saturated carbocycles. The number of hydrogen-bond acceptors (Lipinski definition) is 2. The van der Waals surface area contributed by atoms with E-state index in [4.69, 9.17) is 4.74 Å². The second-order valence-corrected chi connectivity index (χ2v) is 3.41. The van der Waals surface area contributed by atoms with Crippen LogP contribution in [-0.2, 0) is 17.8 Å². The molecule has 1 rings (SSSR count). The molecule has 1 aromatic carbocycles. The van der Waals surface area contributed by atoms with Crippen molar-refractivity contribution in [3.63, 3.8) is 0 Å². The van der Waals surface area contributed by atoms with E-state index < -0.39 is 6.10 Å². The summed E-state index contributed by atoms with van der Waals surface area (Å²) < 4.78 is 18.0. The van der Waals surface area contributed by atoms with E-state index in [9.17, 15) is 9.50 Å². The SMILES string of the molecule is COCc1cc(CC(C)O)ccc1F. The minimum Gasteiger partial charge on any atom is -0.393 e. The lowest BCUT2D eigenvalue weighted by Crippen LogP contribution is -2.05. The Balaban J connectivity index is 2.83. The van der Waals surface area contributed by atoms with Gasteiger partial charge in [-0.3, -0.25) is 0 Å². The molecule has 2 nitrogen and oxygen atoms in total. The molecule has 0 aliphatic heterocycles. The van der Waals surface area contributed by atoms with E-state index in [0.717, 1.165) is 5.56 Å². The molecule has 0 heterocycles. The van der Waals surface area contributed by atoms with E-state index in [0.29, 0.717) is 12.0 Å². The van der Waals surface area contributed by atoms with Gasteiger partial charge >= 0.3 is 0 Å². The summed E-state index contributed by atoms with van der Waals surface area (Å²) in [5.74, 6) is -0.263. The van der Waals surface area contributed by atoms with Crippen molar-refractivity contribution in [3.05, 3.63) is 35.1 Å². The lowest BCUT2D eigenvalue weighted by atomic mass is 10.1. The Morgan fingerprint density at radius 2 is 2.21 bits per heavy atom. The Morgan fingerprint density at radius 3 is 2.79 bits per heavy atom. The summed E-state index contributed by atoms with van der Waals surface area (Å²) in [5.41, 5.74) is 1.46. The lowest BCUT2D eigenvalue weighted by Gasteiger charge is -2.07. The van der Waals surface area contributed by atoms with Crippen LogP contribution >= 0.6 is 0 Å². The Hall–Kier alpha value is -0.930. The number of aliphatic hydroxyl groups excluding tert-OH is 1. The first-order valence-corrected chi connectivity index (χ1v) is 4.57. The number of halogens is 1. The minimum absolute atomic E-state index is 0.263. The third kappa shape index (κ3) is 3.09. The molecule has 0 spiro atoms. The van der Waals surface area contributed by atoms with Crippen LogP contribution in [0.1, 0.15) is 18.1 Å². The average molecular weight is 198 g/mol. The zero-order valence-corrected chi connectivity index (χ0v) is 8.46. The third-order valence-electron chi connectivity index (χ3n) is 1.94. The van der Waals surface area contributed by atoms with Crippen LogP contribution in [0.5, 0.6) is 0 Å². The molecule has 3 heteroatoms. The maximum Gasteiger partial charge on any atom is 0.128 e. The monoisotopic (exact) mass is 198 g/mol. The Morgan fingerprint density at radius 1 is 1.50 bits per heavy atom. The molecule has 0 aromatic heterocycles. The zero-order chi connectivity index (χ0) is 10.6. The van der Waals surface area contributed by atoms with Crippen LogP contribution in [0.4, 0.5) is 4.39 Å². The lowest BCUT2D eigenvalue weighted by molar-refractivity contribution is 0.180. The van der Waals surface area contributed by atoms with Gasteiger partial charge in [-0.05, 0) is 25.0 Å². The molecule has 0 aliphatic rings. The van der Waals surface area contributed by atoms with Crippen LogP contribution in [0.15, 0.2) is 18.2 Å². The summed E-state index contributed by atoms with van der Waals surface area (Å²) in [6.45, 7) is 1.97. The van der Waals surface area contributed by atoms with Crippen LogP contribution < -0.4 is 0 Å². The highest BCUT2D eigenvalue weighted by Crippen LogP contribution is 2.13. The van der Waals surface area contributed by atoms with Gasteiger partial charge in [-0.25, -0.2) is 4.39 Å². The van der Waals surface area contributed by atoms with Crippen molar-refractivity contribution in [1.29, 1.82) is 0 Å². The van der Waals surface area contributed by atoms with Gasteiger partial charge < -0.3 is 9.84 Å². The van der Waals surface area contributed by atoms with Crippen LogP contribution in [0.25, 0.3) is 0 Å². The topological polar surface area (TPSA) is 29.5 Å². The van der Waals surface area contributed by atoms with Crippen LogP contribution in [0.2, 0.25) is 0 Å². The van der Waals surface area contributed by atoms with E-state index in [1.165, 1.54) is 13.2 Å². The predicted octanol–water partition coefficient (Wildman–Crippen LogP) is 1.90. The number of aliphatic hydroxyl groups is 1. The number of ether oxygens (including phenoxy) is 1. The third-order valence-corrected chi connectivity index (χ3v) is 1.94. The van der Waals surface area contributed by atoms with Crippen LogP contribution in [0, 0.1) is 5.82 Å². The van der Waals surface area contributed by atoms with E-state index in [1.807, 2.05) is 0 Å². The quantitative estimate of drug-likeness (QED) is 0.800. The molecule has 1 atom stereocenters. The minimum atomic E-state index is -0.407. The second kappa shape index (κ2) is 5.08. The molecule has 0 amide bonds. The maximum atomic E-state index is 13.2. The summed E-state index contributed by atoms with van der Waals surface area (Å²) in [5, 5.41) is 9.17. The van der Waals surface area contributed by atoms with Crippen molar-refractivity contribution in [3.8, 4) is 0 Å². The summed E-state index contributed by atoms with van der Waals surface area (Å²) in [4.78, 5) is 0. The molecule has 0 radical (unpaired) electrons. The fourth-order valence-corrected chi connectivity index (χ4v) is 1.36. The van der Waals surface area contributed by atoms with Gasteiger partial charge in [0.1, 0.15) is 5.82 Å². The van der Waals surface area contributed by atoms with Gasteiger partial charge in [0.05, 0.1) is 12.7 Å². The Kier molecular flexibility index (Phi) is 4.04. The van der Waals surface area contributed by atoms with Gasteiger partial charge in [-0.1, -0.05) is 12.1 Å². The molecular weight excluding hydrogens is 183 g/mol. The van der Waals surface area contributed by atoms with Crippen LogP contribution in [-0.4, -0.2) is 18.3 Å². The number of rotatable bonds is 4. The van der Waals surface area contributed by atoms with Gasteiger partial charge in [0.2, 0.25) is 0 Å². The Bertz CT molecular complexity index is 297. The number of hydrogen-bond donors (Lipinski definition) is 1. The molecule has 1 unspecified atom stereocenters. The molecule has 0 saturated heterocycles. The van der Waals surface area contributed by atoms with Crippen molar-refractivity contribution in [2.24, 2.45) is 0 Å². The first kappa shape index (κ1) is 11.1. The highest BCUT2D eigenvalue weighted by Gasteiger charge is 2.05. The van der Waals surface area contributed by atoms with Gasteiger partial charge in [-0.2, -0.15) is 0 Å². The van der Waals surface area contributed by atoms with Crippen molar-refractivity contribution in [2.45, 2.75) is 26.1 Å². The summed E-state index contributed by atoms with van der Waals surface area (Å²) in [6.07, 6.45) is 0.132. The van der Waals surface area contributed by atoms with Gasteiger partial charge in [0.15, 0.2) is 0 Å². The van der Waals surface area contributed by atoms with E-state index in [2.05, 4.69) is 0 Å². The molecule has 0 fully saturated rings. The fourth-order valence-electron chi connectivity index (χ4n) is 1.36. The van der Waals surface area contributed by atoms with E-state index in [1.54, 1.807) is 19.1 Å². The van der Waals surface area contributed by atoms with Gasteiger partial charge in [0, 0.05) is 12.7 Å². The van der Waals surface area contributed by atoms with Crippen LogP contribution in [0.3, 0.4) is 0 Å². The molecule has 1 aromatic rings. The van der Waals surface area contributed by atoms with E-state index in [-0.39, 0.29) is 12.4 Å². The first-order chi connectivity index (χ1) is 6.63. The highest BCUT2D eigenvalue weighted by molar-refractivity contribution is 5.25. The predicted molar refractivity (Wildman–Crippen MR) is 52.5 cm³/mol. The van der Waals surface area contributed by atoms with E-state index >= 15 is 0 Å². The number of methoxy groups -OCH3 is 1. The standard InChI is InChI=1S/C11H15FO2/c1-8(13)5-9-3-4-11(12)10(6-9)7-14-2/h3-4,6,8,13H,5,7H2,1-2H3. The van der Waals surface area contributed by atoms with Gasteiger partial charge in [-0.15, -0.1) is 0 Å². The highest BCUT2D eigenvalue weighted by atomic mass is 19.1. The maximum absolute atomic E-state index is 13.2. The largest absolute Gasteiger partial charge is 0.393 e. The number of benzene rings is 1. The molecular formula is C11H15FO2. The molecule has 78 valence electrons. The first-order valence-electron chi connectivity index (χ1n) is 4.57.